The fourth-order valence-corrected chi connectivity index (χ4v) is 0.866. The smallest absolute Gasteiger partial charge is 0.545 e. The Hall–Kier alpha value is -1.72. The predicted molar refractivity (Wildman–Crippen MR) is 79.9 cm³/mol. The van der Waals surface area contributed by atoms with Crippen LogP contribution in [0.25, 0.3) is 0 Å². The van der Waals surface area contributed by atoms with Gasteiger partial charge in [0.15, 0.2) is 0 Å². The van der Waals surface area contributed by atoms with Crippen LogP contribution in [0.1, 0.15) is 27.7 Å². The fourth-order valence-electron chi connectivity index (χ4n) is 0.866. The van der Waals surface area contributed by atoms with Gasteiger partial charge in [0, 0.05) is 12.2 Å². The Morgan fingerprint density at radius 1 is 0.720 bits per heavy atom. The molecule has 0 N–H and O–H groups in total. The van der Waals surface area contributed by atoms with E-state index in [-0.39, 0.29) is 52.3 Å². The van der Waals surface area contributed by atoms with E-state index in [4.69, 9.17) is 0 Å². The van der Waals surface area contributed by atoms with Crippen molar-refractivity contribution in [2.45, 2.75) is 27.7 Å². The number of esters is 2. The molecule has 0 aromatic rings. The second-order valence-electron chi connectivity index (χ2n) is 5.35. The van der Waals surface area contributed by atoms with Gasteiger partial charge in [-0.15, -0.1) is 0 Å². The van der Waals surface area contributed by atoms with Crippen LogP contribution in [-0.2, 0) is 56.0 Å². The number of rotatable bonds is 8. The summed E-state index contributed by atoms with van der Waals surface area (Å²) in [7, 11) is 0. The van der Waals surface area contributed by atoms with Crippen LogP contribution in [0, 0.1) is 11.8 Å². The van der Waals surface area contributed by atoms with Crippen molar-refractivity contribution in [1.29, 1.82) is 0 Å². The van der Waals surface area contributed by atoms with Crippen molar-refractivity contribution in [1.82, 2.24) is 0 Å². The normalized spacial score (nSPS) is 10.2. The molecular formula is C16H22CdO8. The van der Waals surface area contributed by atoms with E-state index in [9.17, 15) is 29.4 Å². The molecule has 9 heteroatoms. The number of carboxylic acids is 2. The van der Waals surface area contributed by atoms with Crippen molar-refractivity contribution in [3.8, 4) is 0 Å². The monoisotopic (exact) mass is 456 g/mol. The van der Waals surface area contributed by atoms with Gasteiger partial charge in [-0.3, -0.25) is 0 Å². The number of hydrogen-bond donors (Lipinski definition) is 0. The van der Waals surface area contributed by atoms with Crippen LogP contribution >= 0.6 is 0 Å². The summed E-state index contributed by atoms with van der Waals surface area (Å²) in [4.78, 5) is 41.0. The molecule has 0 rings (SSSR count). The minimum atomic E-state index is -1.41. The molecule has 0 aromatic carbocycles. The van der Waals surface area contributed by atoms with Gasteiger partial charge < -0.3 is 29.3 Å². The van der Waals surface area contributed by atoms with Crippen LogP contribution in [0.2, 0.25) is 0 Å². The molecular weight excluding hydrogens is 433 g/mol. The van der Waals surface area contributed by atoms with Crippen molar-refractivity contribution in [2.75, 3.05) is 13.2 Å². The summed E-state index contributed by atoms with van der Waals surface area (Å²) in [5.74, 6) is -3.65. The predicted octanol–water partition coefficient (Wildman–Crippen LogP) is -1.02. The first-order chi connectivity index (χ1) is 11.0. The maximum atomic E-state index is 10.7. The van der Waals surface area contributed by atoms with E-state index in [0.29, 0.717) is 12.2 Å². The second kappa shape index (κ2) is 17.1. The Labute approximate surface area is 167 Å². The molecule has 0 heterocycles. The third-order valence-electron chi connectivity index (χ3n) is 1.83. The summed E-state index contributed by atoms with van der Waals surface area (Å²) >= 11 is 0. The first-order valence-corrected chi connectivity index (χ1v) is 7.16. The van der Waals surface area contributed by atoms with Crippen LogP contribution in [0.5, 0.6) is 0 Å². The molecule has 25 heavy (non-hydrogen) atoms. The van der Waals surface area contributed by atoms with E-state index in [2.05, 4.69) is 9.47 Å². The molecule has 0 aliphatic carbocycles. The Morgan fingerprint density at radius 2 is 1.00 bits per heavy atom. The van der Waals surface area contributed by atoms with Gasteiger partial charge in [-0.2, -0.15) is 0 Å². The molecule has 0 atom stereocenters. The fraction of sp³-hybridized carbons (Fsp3) is 0.500. The molecule has 0 bridgehead atoms. The third-order valence-corrected chi connectivity index (χ3v) is 1.83. The van der Waals surface area contributed by atoms with E-state index in [1.165, 1.54) is 0 Å². The van der Waals surface area contributed by atoms with Gasteiger partial charge in [0.2, 0.25) is 0 Å². The third kappa shape index (κ3) is 27.4. The zero-order valence-electron chi connectivity index (χ0n) is 14.9. The summed E-state index contributed by atoms with van der Waals surface area (Å²) in [6.45, 7) is 8.11. The quantitative estimate of drug-likeness (QED) is 0.258. The van der Waals surface area contributed by atoms with Crippen LogP contribution in [-0.4, -0.2) is 37.1 Å². The molecule has 0 aliphatic heterocycles. The van der Waals surface area contributed by atoms with Gasteiger partial charge in [-0.1, -0.05) is 27.7 Å². The van der Waals surface area contributed by atoms with Crippen molar-refractivity contribution in [3.05, 3.63) is 24.3 Å². The molecule has 136 valence electrons. The molecule has 8 nitrogen and oxygen atoms in total. The van der Waals surface area contributed by atoms with Crippen molar-refractivity contribution in [3.63, 3.8) is 0 Å². The molecule has 0 fully saturated rings. The Kier molecular flexibility index (Phi) is 19.2. The first-order valence-electron chi connectivity index (χ1n) is 7.16. The maximum Gasteiger partial charge on any atom is 2.00 e. The first kappa shape index (κ1) is 28.1. The molecule has 0 saturated heterocycles. The minimum Gasteiger partial charge on any atom is -0.545 e. The Morgan fingerprint density at radius 3 is 1.20 bits per heavy atom. The molecule has 0 aromatic heterocycles. The average molecular weight is 455 g/mol. The Balaban J connectivity index is -0.000000372. The Bertz CT molecular complexity index is 437. The van der Waals surface area contributed by atoms with Crippen molar-refractivity contribution in [2.24, 2.45) is 11.8 Å². The van der Waals surface area contributed by atoms with Crippen molar-refractivity contribution >= 4 is 23.9 Å². The van der Waals surface area contributed by atoms with E-state index in [1.807, 2.05) is 27.7 Å². The zero-order valence-corrected chi connectivity index (χ0v) is 18.9. The summed E-state index contributed by atoms with van der Waals surface area (Å²) in [6.07, 6.45) is 2.95. The molecule has 0 spiro atoms. The van der Waals surface area contributed by atoms with Crippen molar-refractivity contribution < 1.29 is 66.2 Å². The van der Waals surface area contributed by atoms with Gasteiger partial charge in [-0.05, 0) is 24.0 Å². The van der Waals surface area contributed by atoms with Crippen LogP contribution in [0.4, 0.5) is 0 Å². The molecule has 0 saturated carbocycles. The van der Waals surface area contributed by atoms with Gasteiger partial charge in [0.05, 0.1) is 25.2 Å². The molecule has 0 radical (unpaired) electrons. The standard InChI is InChI=1S/2C8H12O4.Cd/c2*1-6(2)5-12-8(11)4-3-7(9)10;/h2*3-4,6H,5H2,1-2H3,(H,9,10);/q;;+2/p-2/b2*4-3-;. The van der Waals surface area contributed by atoms with Gasteiger partial charge in [-0.25, -0.2) is 9.59 Å². The van der Waals surface area contributed by atoms with Crippen LogP contribution in [0.15, 0.2) is 24.3 Å². The molecule has 0 unspecified atom stereocenters. The van der Waals surface area contributed by atoms with E-state index in [1.54, 1.807) is 0 Å². The van der Waals surface area contributed by atoms with Crippen LogP contribution in [0.3, 0.4) is 0 Å². The molecule has 0 aliphatic rings. The zero-order chi connectivity index (χ0) is 19.1. The number of aliphatic carboxylic acids is 2. The van der Waals surface area contributed by atoms with Gasteiger partial charge in [0.25, 0.3) is 0 Å². The number of carbonyl (C=O) groups excluding carboxylic acids is 4. The summed E-state index contributed by atoms with van der Waals surface area (Å²) in [5, 5.41) is 19.7. The maximum absolute atomic E-state index is 10.7. The minimum absolute atomic E-state index is 0. The van der Waals surface area contributed by atoms with Gasteiger partial charge in [0.1, 0.15) is 0 Å². The average Bonchev–Trinajstić information content (AvgIpc) is 2.47. The van der Waals surface area contributed by atoms with Crippen LogP contribution < -0.4 is 10.2 Å². The summed E-state index contributed by atoms with van der Waals surface area (Å²) in [5.41, 5.74) is 0. The van der Waals surface area contributed by atoms with E-state index in [0.717, 1.165) is 12.2 Å². The number of carbonyl (C=O) groups is 4. The number of ether oxygens (including phenoxy) is 2. The van der Waals surface area contributed by atoms with Gasteiger partial charge >= 0.3 is 39.2 Å². The topological polar surface area (TPSA) is 133 Å². The van der Waals surface area contributed by atoms with E-state index >= 15 is 0 Å². The van der Waals surface area contributed by atoms with E-state index < -0.39 is 23.9 Å². The summed E-state index contributed by atoms with van der Waals surface area (Å²) in [6, 6.07) is 0. The number of hydrogen-bond acceptors (Lipinski definition) is 8. The largest absolute Gasteiger partial charge is 2.00 e. The number of carboxylic acid groups (broad SMARTS) is 2. The molecule has 0 amide bonds. The SMILES string of the molecule is CC(C)COC(=O)/C=C\C(=O)[O-].CC(C)COC(=O)/C=C\C(=O)[O-].[Cd+2]. The second-order valence-corrected chi connectivity index (χ2v) is 5.35. The summed E-state index contributed by atoms with van der Waals surface area (Å²) < 4.78 is 9.27.